The summed E-state index contributed by atoms with van der Waals surface area (Å²) in [5.41, 5.74) is 1.46. The standard InChI is InChI=1S/C16H27N3/c1-5-19-10-6-7-14(19)12-18-15-9-8-13(11-17-15)16(2,3)4/h8-9,11,14H,5-7,10,12H2,1-4H3,(H,17,18). The second-order valence-electron chi connectivity index (χ2n) is 6.49. The molecule has 106 valence electrons. The fourth-order valence-corrected chi connectivity index (χ4v) is 2.71. The van der Waals surface area contributed by atoms with Crippen LogP contribution in [-0.2, 0) is 5.41 Å². The van der Waals surface area contributed by atoms with Crippen molar-refractivity contribution in [3.63, 3.8) is 0 Å². The van der Waals surface area contributed by atoms with Crippen molar-refractivity contribution in [3.05, 3.63) is 23.9 Å². The lowest BCUT2D eigenvalue weighted by Crippen LogP contribution is -2.34. The topological polar surface area (TPSA) is 28.2 Å². The average Bonchev–Trinajstić information content (AvgIpc) is 2.83. The molecule has 0 saturated carbocycles. The Morgan fingerprint density at radius 3 is 2.74 bits per heavy atom. The zero-order chi connectivity index (χ0) is 13.9. The minimum atomic E-state index is 0.177. The van der Waals surface area contributed by atoms with Gasteiger partial charge in [-0.15, -0.1) is 0 Å². The van der Waals surface area contributed by atoms with E-state index in [9.17, 15) is 0 Å². The van der Waals surface area contributed by atoms with Gasteiger partial charge in [-0.25, -0.2) is 4.98 Å². The van der Waals surface area contributed by atoms with Crippen LogP contribution >= 0.6 is 0 Å². The van der Waals surface area contributed by atoms with Crippen molar-refractivity contribution in [3.8, 4) is 0 Å². The van der Waals surface area contributed by atoms with Crippen molar-refractivity contribution < 1.29 is 0 Å². The highest BCUT2D eigenvalue weighted by molar-refractivity contribution is 5.37. The van der Waals surface area contributed by atoms with Gasteiger partial charge in [-0.1, -0.05) is 33.8 Å². The van der Waals surface area contributed by atoms with E-state index in [-0.39, 0.29) is 5.41 Å². The van der Waals surface area contributed by atoms with Crippen LogP contribution < -0.4 is 5.32 Å². The summed E-state index contributed by atoms with van der Waals surface area (Å²) in [5, 5.41) is 3.48. The maximum absolute atomic E-state index is 4.53. The van der Waals surface area contributed by atoms with E-state index < -0.39 is 0 Å². The average molecular weight is 261 g/mol. The summed E-state index contributed by atoms with van der Waals surface area (Å²) in [4.78, 5) is 7.08. The smallest absolute Gasteiger partial charge is 0.125 e. The second kappa shape index (κ2) is 5.91. The number of nitrogens with zero attached hydrogens (tertiary/aromatic N) is 2. The fraction of sp³-hybridized carbons (Fsp3) is 0.688. The molecule has 1 saturated heterocycles. The van der Waals surface area contributed by atoms with E-state index in [0.29, 0.717) is 6.04 Å². The van der Waals surface area contributed by atoms with Gasteiger partial charge in [0.15, 0.2) is 0 Å². The Balaban J connectivity index is 1.90. The number of likely N-dealkylation sites (tertiary alicyclic amines) is 1. The zero-order valence-electron chi connectivity index (χ0n) is 12.7. The predicted molar refractivity (Wildman–Crippen MR) is 81.7 cm³/mol. The van der Waals surface area contributed by atoms with Gasteiger partial charge in [-0.2, -0.15) is 0 Å². The van der Waals surface area contributed by atoms with E-state index in [4.69, 9.17) is 0 Å². The van der Waals surface area contributed by atoms with E-state index in [1.54, 1.807) is 0 Å². The van der Waals surface area contributed by atoms with Crippen LogP contribution in [-0.4, -0.2) is 35.6 Å². The molecule has 0 radical (unpaired) electrons. The van der Waals surface area contributed by atoms with Gasteiger partial charge >= 0.3 is 0 Å². The van der Waals surface area contributed by atoms with E-state index in [2.05, 4.69) is 55.0 Å². The monoisotopic (exact) mass is 261 g/mol. The highest BCUT2D eigenvalue weighted by Crippen LogP contribution is 2.22. The third kappa shape index (κ3) is 3.69. The highest BCUT2D eigenvalue weighted by atomic mass is 15.2. The zero-order valence-corrected chi connectivity index (χ0v) is 12.7. The first-order valence-corrected chi connectivity index (χ1v) is 7.45. The van der Waals surface area contributed by atoms with E-state index in [1.165, 1.54) is 24.9 Å². The molecule has 1 aliphatic heterocycles. The van der Waals surface area contributed by atoms with Crippen LogP contribution in [0.2, 0.25) is 0 Å². The van der Waals surface area contributed by atoms with Gasteiger partial charge in [0.25, 0.3) is 0 Å². The molecular formula is C16H27N3. The van der Waals surface area contributed by atoms with Gasteiger partial charge in [-0.05, 0) is 43.0 Å². The van der Waals surface area contributed by atoms with Gasteiger partial charge in [0.05, 0.1) is 0 Å². The summed E-state index contributed by atoms with van der Waals surface area (Å²) < 4.78 is 0. The minimum Gasteiger partial charge on any atom is -0.369 e. The van der Waals surface area contributed by atoms with Crippen molar-refractivity contribution in [2.75, 3.05) is 25.0 Å². The van der Waals surface area contributed by atoms with Crippen LogP contribution in [0.5, 0.6) is 0 Å². The van der Waals surface area contributed by atoms with Crippen LogP contribution in [0.25, 0.3) is 0 Å². The summed E-state index contributed by atoms with van der Waals surface area (Å²) in [6.45, 7) is 12.3. The molecule has 2 heterocycles. The molecule has 0 aromatic carbocycles. The molecule has 0 bridgehead atoms. The number of likely N-dealkylation sites (N-methyl/N-ethyl adjacent to an activating group) is 1. The molecule has 1 aromatic rings. The third-order valence-electron chi connectivity index (χ3n) is 4.05. The number of rotatable bonds is 4. The van der Waals surface area contributed by atoms with Crippen LogP contribution in [0.3, 0.4) is 0 Å². The molecule has 1 fully saturated rings. The second-order valence-corrected chi connectivity index (χ2v) is 6.49. The predicted octanol–water partition coefficient (Wildman–Crippen LogP) is 3.28. The SMILES string of the molecule is CCN1CCCC1CNc1ccc(C(C)(C)C)cn1. The summed E-state index contributed by atoms with van der Waals surface area (Å²) in [6, 6.07) is 4.96. The molecule has 2 rings (SSSR count). The van der Waals surface area contributed by atoms with Crippen molar-refractivity contribution in [1.82, 2.24) is 9.88 Å². The maximum Gasteiger partial charge on any atom is 0.125 e. The molecule has 1 unspecified atom stereocenters. The van der Waals surface area contributed by atoms with Gasteiger partial charge in [0, 0.05) is 18.8 Å². The van der Waals surface area contributed by atoms with Crippen LogP contribution in [0, 0.1) is 0 Å². The molecular weight excluding hydrogens is 234 g/mol. The molecule has 1 N–H and O–H groups in total. The number of hydrogen-bond acceptors (Lipinski definition) is 3. The molecule has 3 heteroatoms. The van der Waals surface area contributed by atoms with Crippen LogP contribution in [0.15, 0.2) is 18.3 Å². The highest BCUT2D eigenvalue weighted by Gasteiger charge is 2.22. The quantitative estimate of drug-likeness (QED) is 0.901. The molecule has 0 amide bonds. The largest absolute Gasteiger partial charge is 0.369 e. The number of nitrogens with one attached hydrogen (secondary N) is 1. The first kappa shape index (κ1) is 14.3. The molecule has 1 aromatic heterocycles. The lowest BCUT2D eigenvalue weighted by Gasteiger charge is -2.23. The normalized spacial score (nSPS) is 20.7. The Bertz CT molecular complexity index is 391. The fourth-order valence-electron chi connectivity index (χ4n) is 2.71. The Hall–Kier alpha value is -1.09. The summed E-state index contributed by atoms with van der Waals surface area (Å²) in [7, 11) is 0. The lowest BCUT2D eigenvalue weighted by atomic mass is 9.88. The molecule has 0 spiro atoms. The van der Waals surface area contributed by atoms with Crippen molar-refractivity contribution in [2.45, 2.75) is 52.0 Å². The molecule has 3 nitrogen and oxygen atoms in total. The molecule has 0 aliphatic carbocycles. The molecule has 1 aliphatic rings. The molecule has 19 heavy (non-hydrogen) atoms. The minimum absolute atomic E-state index is 0.177. The van der Waals surface area contributed by atoms with Gasteiger partial charge in [0.2, 0.25) is 0 Å². The maximum atomic E-state index is 4.53. The first-order chi connectivity index (χ1) is 9.00. The van der Waals surface area contributed by atoms with Gasteiger partial charge < -0.3 is 5.32 Å². The number of aromatic nitrogens is 1. The Labute approximate surface area is 117 Å². The first-order valence-electron chi connectivity index (χ1n) is 7.45. The van der Waals surface area contributed by atoms with Gasteiger partial charge in [-0.3, -0.25) is 4.90 Å². The van der Waals surface area contributed by atoms with Crippen molar-refractivity contribution >= 4 is 5.82 Å². The number of hydrogen-bond donors (Lipinski definition) is 1. The van der Waals surface area contributed by atoms with Crippen LogP contribution in [0.1, 0.15) is 46.1 Å². The Morgan fingerprint density at radius 2 is 2.16 bits per heavy atom. The molecule has 1 atom stereocenters. The van der Waals surface area contributed by atoms with Crippen molar-refractivity contribution in [1.29, 1.82) is 0 Å². The Morgan fingerprint density at radius 1 is 1.37 bits per heavy atom. The number of pyridine rings is 1. The summed E-state index contributed by atoms with van der Waals surface area (Å²) in [6.07, 6.45) is 4.63. The van der Waals surface area contributed by atoms with E-state index in [0.717, 1.165) is 18.9 Å². The summed E-state index contributed by atoms with van der Waals surface area (Å²) >= 11 is 0. The Kier molecular flexibility index (Phi) is 4.46. The van der Waals surface area contributed by atoms with E-state index in [1.807, 2.05) is 6.20 Å². The summed E-state index contributed by atoms with van der Waals surface area (Å²) in [5.74, 6) is 0.996. The van der Waals surface area contributed by atoms with Crippen molar-refractivity contribution in [2.24, 2.45) is 0 Å². The third-order valence-corrected chi connectivity index (χ3v) is 4.05. The van der Waals surface area contributed by atoms with E-state index >= 15 is 0 Å². The lowest BCUT2D eigenvalue weighted by molar-refractivity contribution is 0.277. The van der Waals surface area contributed by atoms with Gasteiger partial charge in [0.1, 0.15) is 5.82 Å². The number of anilines is 1. The van der Waals surface area contributed by atoms with Crippen LogP contribution in [0.4, 0.5) is 5.82 Å².